The molecule has 144 valence electrons. The van der Waals surface area contributed by atoms with Gasteiger partial charge in [0.15, 0.2) is 0 Å². The lowest BCUT2D eigenvalue weighted by Crippen LogP contribution is -2.36. The van der Waals surface area contributed by atoms with Crippen molar-refractivity contribution in [3.05, 3.63) is 34.5 Å². The number of rotatable bonds is 4. The minimum absolute atomic E-state index is 0.000922. The van der Waals surface area contributed by atoms with E-state index in [4.69, 9.17) is 4.74 Å². The van der Waals surface area contributed by atoms with Crippen LogP contribution in [-0.2, 0) is 4.74 Å². The van der Waals surface area contributed by atoms with Gasteiger partial charge in [-0.2, -0.15) is 0 Å². The molecule has 1 fully saturated rings. The number of carbonyl (C=O) groups excluding carboxylic acids is 1. The van der Waals surface area contributed by atoms with Gasteiger partial charge in [0.05, 0.1) is 22.2 Å². The van der Waals surface area contributed by atoms with Crippen LogP contribution in [0.5, 0.6) is 0 Å². The molecule has 0 unspecified atom stereocenters. The van der Waals surface area contributed by atoms with E-state index in [9.17, 15) is 14.9 Å². The summed E-state index contributed by atoms with van der Waals surface area (Å²) >= 11 is 0. The lowest BCUT2D eigenvalue weighted by molar-refractivity contribution is -0.384. The summed E-state index contributed by atoms with van der Waals surface area (Å²) in [5.74, 6) is 1.03. The molecule has 9 heteroatoms. The van der Waals surface area contributed by atoms with Crippen LogP contribution in [-0.4, -0.2) is 46.2 Å². The first-order valence-electron chi connectivity index (χ1n) is 8.84. The number of ether oxygens (including phenoxy) is 1. The fourth-order valence-corrected chi connectivity index (χ4v) is 3.00. The van der Waals surface area contributed by atoms with E-state index in [1.807, 2.05) is 20.8 Å². The second-order valence-electron chi connectivity index (χ2n) is 7.64. The molecule has 1 aliphatic rings. The molecular formula is C18H23N5O4. The number of fused-ring (bicyclic) bond motifs is 1. The largest absolute Gasteiger partial charge is 0.444 e. The molecule has 3 rings (SSSR count). The maximum Gasteiger partial charge on any atom is 0.407 e. The van der Waals surface area contributed by atoms with E-state index in [1.165, 1.54) is 12.1 Å². The predicted octanol–water partition coefficient (Wildman–Crippen LogP) is 2.89. The Morgan fingerprint density at radius 3 is 2.89 bits per heavy atom. The zero-order chi connectivity index (χ0) is 19.6. The molecule has 2 aromatic rings. The van der Waals surface area contributed by atoms with Crippen molar-refractivity contribution in [3.8, 4) is 0 Å². The normalized spacial score (nSPS) is 17.1. The van der Waals surface area contributed by atoms with E-state index >= 15 is 0 Å². The van der Waals surface area contributed by atoms with Crippen molar-refractivity contribution in [1.82, 2.24) is 15.3 Å². The molecule has 2 heterocycles. The molecule has 0 saturated carbocycles. The third-order valence-electron chi connectivity index (χ3n) is 4.27. The number of nitrogens with one attached hydrogen (secondary N) is 1. The van der Waals surface area contributed by atoms with Gasteiger partial charge in [0, 0.05) is 31.8 Å². The van der Waals surface area contributed by atoms with Crippen molar-refractivity contribution in [2.24, 2.45) is 5.92 Å². The molecule has 1 aliphatic heterocycles. The number of nitro groups is 1. The van der Waals surface area contributed by atoms with Gasteiger partial charge >= 0.3 is 6.09 Å². The Morgan fingerprint density at radius 1 is 1.41 bits per heavy atom. The van der Waals surface area contributed by atoms with Gasteiger partial charge in [-0.25, -0.2) is 9.78 Å². The Morgan fingerprint density at radius 2 is 2.19 bits per heavy atom. The fourth-order valence-electron chi connectivity index (χ4n) is 3.00. The average Bonchev–Trinajstić information content (AvgIpc) is 3.06. The summed E-state index contributed by atoms with van der Waals surface area (Å²) in [6, 6.07) is 4.46. The first-order valence-corrected chi connectivity index (χ1v) is 8.84. The quantitative estimate of drug-likeness (QED) is 0.648. The Balaban J connectivity index is 1.60. The van der Waals surface area contributed by atoms with Crippen molar-refractivity contribution in [2.75, 3.05) is 24.5 Å². The van der Waals surface area contributed by atoms with Crippen molar-refractivity contribution in [1.29, 1.82) is 0 Å². The summed E-state index contributed by atoms with van der Waals surface area (Å²) < 4.78 is 5.25. The highest BCUT2D eigenvalue weighted by Crippen LogP contribution is 2.24. The van der Waals surface area contributed by atoms with Gasteiger partial charge in [-0.15, -0.1) is 0 Å². The van der Waals surface area contributed by atoms with Gasteiger partial charge in [-0.1, -0.05) is 0 Å². The highest BCUT2D eigenvalue weighted by atomic mass is 16.6. The SMILES string of the molecule is CC(C)(C)OC(=O)NC[C@H]1CCN(c2cnc3cc([N+](=O)[O-])ccc3n2)C1. The molecule has 0 spiro atoms. The van der Waals surface area contributed by atoms with Crippen LogP contribution >= 0.6 is 0 Å². The Kier molecular flexibility index (Phi) is 5.11. The molecule has 0 radical (unpaired) electrons. The number of amides is 1. The molecule has 9 nitrogen and oxygen atoms in total. The van der Waals surface area contributed by atoms with Gasteiger partial charge in [-0.05, 0) is 39.2 Å². The molecule has 1 aromatic heterocycles. The summed E-state index contributed by atoms with van der Waals surface area (Å²) in [5, 5.41) is 13.7. The number of non-ortho nitro benzene ring substituents is 1. The van der Waals surface area contributed by atoms with Crippen molar-refractivity contribution >= 4 is 28.6 Å². The van der Waals surface area contributed by atoms with Crippen molar-refractivity contribution in [3.63, 3.8) is 0 Å². The monoisotopic (exact) mass is 373 g/mol. The summed E-state index contributed by atoms with van der Waals surface area (Å²) in [7, 11) is 0. The van der Waals surface area contributed by atoms with Crippen LogP contribution < -0.4 is 10.2 Å². The molecule has 1 amide bonds. The van der Waals surface area contributed by atoms with Crippen LogP contribution in [0, 0.1) is 16.0 Å². The average molecular weight is 373 g/mol. The topological polar surface area (TPSA) is 110 Å². The number of anilines is 1. The van der Waals surface area contributed by atoms with Crippen LogP contribution in [0.4, 0.5) is 16.3 Å². The number of aromatic nitrogens is 2. The van der Waals surface area contributed by atoms with Crippen molar-refractivity contribution < 1.29 is 14.5 Å². The van der Waals surface area contributed by atoms with E-state index in [0.29, 0.717) is 23.5 Å². The number of alkyl carbamates (subject to hydrolysis) is 1. The highest BCUT2D eigenvalue weighted by molar-refractivity contribution is 5.78. The first-order chi connectivity index (χ1) is 12.7. The van der Waals surface area contributed by atoms with E-state index in [-0.39, 0.29) is 5.69 Å². The minimum Gasteiger partial charge on any atom is -0.444 e. The number of carbonyl (C=O) groups is 1. The van der Waals surface area contributed by atoms with E-state index in [1.54, 1.807) is 12.3 Å². The van der Waals surface area contributed by atoms with E-state index in [0.717, 1.165) is 25.3 Å². The fraction of sp³-hybridized carbons (Fsp3) is 0.500. The summed E-state index contributed by atoms with van der Waals surface area (Å²) in [6.45, 7) is 7.60. The number of benzene rings is 1. The summed E-state index contributed by atoms with van der Waals surface area (Å²) in [5.41, 5.74) is 0.601. The number of nitro benzene ring substituents is 1. The van der Waals surface area contributed by atoms with Gasteiger partial charge < -0.3 is 15.0 Å². The zero-order valence-corrected chi connectivity index (χ0v) is 15.6. The Hall–Kier alpha value is -2.97. The molecule has 1 aromatic carbocycles. The third-order valence-corrected chi connectivity index (χ3v) is 4.27. The van der Waals surface area contributed by atoms with E-state index in [2.05, 4.69) is 20.2 Å². The first kappa shape index (κ1) is 18.8. The maximum absolute atomic E-state index is 11.8. The van der Waals surface area contributed by atoms with E-state index < -0.39 is 16.6 Å². The van der Waals surface area contributed by atoms with Crippen LogP contribution in [0.25, 0.3) is 11.0 Å². The van der Waals surface area contributed by atoms with Crippen LogP contribution in [0.2, 0.25) is 0 Å². The van der Waals surface area contributed by atoms with Gasteiger partial charge in [0.2, 0.25) is 0 Å². The summed E-state index contributed by atoms with van der Waals surface area (Å²) in [4.78, 5) is 33.2. The third kappa shape index (κ3) is 4.81. The van der Waals surface area contributed by atoms with Crippen LogP contribution in [0.1, 0.15) is 27.2 Å². The maximum atomic E-state index is 11.8. The number of nitrogens with zero attached hydrogens (tertiary/aromatic N) is 4. The smallest absolute Gasteiger partial charge is 0.407 e. The van der Waals surface area contributed by atoms with Gasteiger partial charge in [0.1, 0.15) is 11.4 Å². The highest BCUT2D eigenvalue weighted by Gasteiger charge is 2.25. The second kappa shape index (κ2) is 7.34. The molecule has 0 bridgehead atoms. The van der Waals surface area contributed by atoms with Gasteiger partial charge in [0.25, 0.3) is 5.69 Å². The molecule has 1 N–H and O–H groups in total. The van der Waals surface area contributed by atoms with Crippen molar-refractivity contribution in [2.45, 2.75) is 32.8 Å². The lowest BCUT2D eigenvalue weighted by Gasteiger charge is -2.21. The molecule has 27 heavy (non-hydrogen) atoms. The van der Waals surface area contributed by atoms with Crippen LogP contribution in [0.15, 0.2) is 24.4 Å². The molecular weight excluding hydrogens is 350 g/mol. The predicted molar refractivity (Wildman–Crippen MR) is 101 cm³/mol. The number of hydrogen-bond acceptors (Lipinski definition) is 7. The summed E-state index contributed by atoms with van der Waals surface area (Å²) in [6.07, 6.45) is 2.15. The minimum atomic E-state index is -0.512. The Bertz CT molecular complexity index is 864. The lowest BCUT2D eigenvalue weighted by atomic mass is 10.1. The second-order valence-corrected chi connectivity index (χ2v) is 7.64. The van der Waals surface area contributed by atoms with Crippen LogP contribution in [0.3, 0.4) is 0 Å². The van der Waals surface area contributed by atoms with Gasteiger partial charge in [-0.3, -0.25) is 15.1 Å². The molecule has 1 saturated heterocycles. The number of hydrogen-bond donors (Lipinski definition) is 1. The standard InChI is InChI=1S/C18H23N5O4/c1-18(2,3)27-17(24)20-9-12-6-7-22(11-12)16-10-19-15-8-13(23(25)26)4-5-14(15)21-16/h4-5,8,10,12H,6-7,9,11H2,1-3H3,(H,20,24)/t12-/m1/s1. The Labute approximate surface area is 156 Å². The zero-order valence-electron chi connectivity index (χ0n) is 15.6. The molecule has 1 atom stereocenters. The molecule has 0 aliphatic carbocycles.